The number of sulfonamides is 1. The van der Waals surface area contributed by atoms with Crippen molar-refractivity contribution in [1.82, 2.24) is 24.1 Å². The van der Waals surface area contributed by atoms with Crippen LogP contribution in [0.5, 0.6) is 0 Å². The molecule has 1 aliphatic rings. The van der Waals surface area contributed by atoms with Crippen LogP contribution in [0.2, 0.25) is 0 Å². The number of carbonyl (C=O) groups is 1. The predicted octanol–water partition coefficient (Wildman–Crippen LogP) is 2.55. The van der Waals surface area contributed by atoms with E-state index < -0.39 is 10.0 Å². The second-order valence-corrected chi connectivity index (χ2v) is 9.81. The molecule has 1 N–H and O–H groups in total. The first kappa shape index (κ1) is 22.4. The maximum atomic E-state index is 13.2. The molecule has 0 bridgehead atoms. The lowest BCUT2D eigenvalue weighted by Gasteiger charge is -2.34. The Kier molecular flexibility index (Phi) is 6.59. The van der Waals surface area contributed by atoms with Crippen LogP contribution in [0.25, 0.3) is 11.0 Å². The molecule has 2 aromatic heterocycles. The molecule has 1 fully saturated rings. The molecule has 0 radical (unpaired) electrons. The van der Waals surface area contributed by atoms with E-state index in [4.69, 9.17) is 0 Å². The summed E-state index contributed by atoms with van der Waals surface area (Å²) in [5.41, 5.74) is 2.35. The lowest BCUT2D eigenvalue weighted by Crippen LogP contribution is -2.50. The van der Waals surface area contributed by atoms with Gasteiger partial charge in [-0.2, -0.15) is 4.31 Å². The molecule has 3 aromatic rings. The molecule has 4 rings (SSSR count). The Bertz CT molecular complexity index is 1180. The zero-order valence-electron chi connectivity index (χ0n) is 18.5. The normalized spacial score (nSPS) is 15.5. The molecule has 1 aromatic carbocycles. The van der Waals surface area contributed by atoms with Crippen LogP contribution in [0.3, 0.4) is 0 Å². The average Bonchev–Trinajstić information content (AvgIpc) is 3.28. The van der Waals surface area contributed by atoms with Crippen LogP contribution in [0.15, 0.2) is 53.7 Å². The lowest BCUT2D eigenvalue weighted by molar-refractivity contribution is 0.0698. The molecule has 1 amide bonds. The first-order valence-electron chi connectivity index (χ1n) is 11.0. The number of aromatic nitrogens is 2. The second-order valence-electron chi connectivity index (χ2n) is 7.91. The highest BCUT2D eigenvalue weighted by atomic mass is 32.2. The topological polar surface area (TPSA) is 89.6 Å². The van der Waals surface area contributed by atoms with Gasteiger partial charge < -0.3 is 9.88 Å². The Hall–Kier alpha value is -2.75. The minimum atomic E-state index is -3.66. The van der Waals surface area contributed by atoms with Crippen LogP contribution >= 0.6 is 0 Å². The summed E-state index contributed by atoms with van der Waals surface area (Å²) in [5, 5.41) is 0.579. The summed E-state index contributed by atoms with van der Waals surface area (Å²) in [6, 6.07) is 11.2. The molecule has 8 nitrogen and oxygen atoms in total. The highest BCUT2D eigenvalue weighted by Gasteiger charge is 2.32. The Morgan fingerprint density at radius 2 is 1.75 bits per heavy atom. The Morgan fingerprint density at radius 3 is 2.41 bits per heavy atom. The number of hydrogen-bond acceptors (Lipinski definition) is 5. The van der Waals surface area contributed by atoms with Crippen molar-refractivity contribution in [1.29, 1.82) is 0 Å². The first-order valence-corrected chi connectivity index (χ1v) is 12.4. The van der Waals surface area contributed by atoms with Crippen molar-refractivity contribution in [2.45, 2.75) is 25.3 Å². The third-order valence-corrected chi connectivity index (χ3v) is 8.00. The Balaban J connectivity index is 1.40. The summed E-state index contributed by atoms with van der Waals surface area (Å²) in [5.74, 6) is -0.0623. The number of piperazine rings is 1. The van der Waals surface area contributed by atoms with Gasteiger partial charge in [-0.3, -0.25) is 9.69 Å². The number of carbonyl (C=O) groups excluding carboxylic acids is 1. The smallest absolute Gasteiger partial charge is 0.253 e. The van der Waals surface area contributed by atoms with Crippen molar-refractivity contribution < 1.29 is 13.2 Å². The number of benzene rings is 1. The minimum absolute atomic E-state index is 0.0623. The molecule has 1 aliphatic heterocycles. The molecular weight excluding hydrogens is 426 g/mol. The molecule has 9 heteroatoms. The quantitative estimate of drug-likeness (QED) is 0.591. The van der Waals surface area contributed by atoms with Crippen molar-refractivity contribution in [2.24, 2.45) is 0 Å². The van der Waals surface area contributed by atoms with Crippen molar-refractivity contribution in [3.8, 4) is 0 Å². The highest BCUT2D eigenvalue weighted by molar-refractivity contribution is 7.89. The number of fused-ring (bicyclic) bond motifs is 1. The fourth-order valence-electron chi connectivity index (χ4n) is 4.06. The fraction of sp³-hybridized carbons (Fsp3) is 0.391. The molecule has 0 atom stereocenters. The van der Waals surface area contributed by atoms with Crippen LogP contribution in [0, 0.1) is 0 Å². The van der Waals surface area contributed by atoms with Crippen LogP contribution in [0.1, 0.15) is 29.8 Å². The van der Waals surface area contributed by atoms with Gasteiger partial charge in [0.2, 0.25) is 10.0 Å². The van der Waals surface area contributed by atoms with Crippen molar-refractivity contribution in [3.63, 3.8) is 0 Å². The Labute approximate surface area is 188 Å². The van der Waals surface area contributed by atoms with E-state index >= 15 is 0 Å². The third-order valence-electron chi connectivity index (χ3n) is 6.06. The summed E-state index contributed by atoms with van der Waals surface area (Å²) in [4.78, 5) is 24.3. The number of aromatic amines is 1. The number of nitrogens with zero attached hydrogens (tertiary/aromatic N) is 4. The molecule has 32 heavy (non-hydrogen) atoms. The summed E-state index contributed by atoms with van der Waals surface area (Å²) in [6.45, 7) is 8.36. The van der Waals surface area contributed by atoms with Gasteiger partial charge in [-0.05, 0) is 42.9 Å². The van der Waals surface area contributed by atoms with E-state index in [9.17, 15) is 13.2 Å². The second kappa shape index (κ2) is 9.40. The zero-order valence-corrected chi connectivity index (χ0v) is 19.3. The molecule has 1 saturated heterocycles. The van der Waals surface area contributed by atoms with Crippen molar-refractivity contribution >= 4 is 27.0 Å². The molecule has 3 heterocycles. The van der Waals surface area contributed by atoms with E-state index in [0.717, 1.165) is 19.6 Å². The van der Waals surface area contributed by atoms with Gasteiger partial charge in [0, 0.05) is 56.1 Å². The van der Waals surface area contributed by atoms with Crippen molar-refractivity contribution in [3.05, 3.63) is 59.9 Å². The van der Waals surface area contributed by atoms with Gasteiger partial charge in [0.05, 0.1) is 0 Å². The number of H-pyrrole nitrogens is 1. The fourth-order valence-corrected chi connectivity index (χ4v) is 5.63. The summed E-state index contributed by atoms with van der Waals surface area (Å²) < 4.78 is 27.8. The van der Waals surface area contributed by atoms with E-state index in [2.05, 4.69) is 28.7 Å². The number of rotatable bonds is 7. The van der Waals surface area contributed by atoms with Gasteiger partial charge in [-0.1, -0.05) is 26.0 Å². The predicted molar refractivity (Wildman–Crippen MR) is 124 cm³/mol. The van der Waals surface area contributed by atoms with E-state index in [-0.39, 0.29) is 23.9 Å². The van der Waals surface area contributed by atoms with E-state index in [1.165, 1.54) is 16.1 Å². The molecule has 0 unspecified atom stereocenters. The zero-order chi connectivity index (χ0) is 22.7. The number of amides is 1. The summed E-state index contributed by atoms with van der Waals surface area (Å²) in [7, 11) is -3.66. The van der Waals surface area contributed by atoms with Crippen LogP contribution in [-0.4, -0.2) is 77.7 Å². The van der Waals surface area contributed by atoms with Gasteiger partial charge in [0.15, 0.2) is 0 Å². The molecular formula is C23H29N5O3S. The maximum absolute atomic E-state index is 13.2. The monoisotopic (exact) mass is 455 g/mol. The molecule has 0 saturated carbocycles. The molecule has 0 spiro atoms. The number of pyridine rings is 1. The van der Waals surface area contributed by atoms with Gasteiger partial charge in [-0.15, -0.1) is 0 Å². The number of hydrogen-bond donors (Lipinski definition) is 1. The Morgan fingerprint density at radius 1 is 1.06 bits per heavy atom. The van der Waals surface area contributed by atoms with E-state index in [1.807, 2.05) is 24.3 Å². The van der Waals surface area contributed by atoms with Gasteiger partial charge in [0.25, 0.3) is 5.91 Å². The maximum Gasteiger partial charge on any atom is 0.253 e. The largest absolute Gasteiger partial charge is 0.345 e. The van der Waals surface area contributed by atoms with Gasteiger partial charge in [0.1, 0.15) is 10.5 Å². The van der Waals surface area contributed by atoms with E-state index in [1.54, 1.807) is 23.2 Å². The average molecular weight is 456 g/mol. The lowest BCUT2D eigenvalue weighted by atomic mass is 10.1. The SMILES string of the molecule is CCN(CC)Cc1ccc(C(=O)N2CCN(S(=O)(=O)c3c[nH]c4ncccc34)CC2)cc1. The van der Waals surface area contributed by atoms with Crippen LogP contribution in [-0.2, 0) is 16.6 Å². The highest BCUT2D eigenvalue weighted by Crippen LogP contribution is 2.25. The number of nitrogens with one attached hydrogen (secondary N) is 1. The van der Waals surface area contributed by atoms with Gasteiger partial charge >= 0.3 is 0 Å². The first-order chi connectivity index (χ1) is 15.4. The van der Waals surface area contributed by atoms with Crippen molar-refractivity contribution in [2.75, 3.05) is 39.3 Å². The van der Waals surface area contributed by atoms with E-state index in [0.29, 0.717) is 29.7 Å². The molecule has 0 aliphatic carbocycles. The third kappa shape index (κ3) is 4.41. The molecule has 170 valence electrons. The standard InChI is InChI=1S/C23H29N5O3S/c1-3-26(4-2)17-18-7-9-19(10-8-18)23(29)27-12-14-28(15-13-27)32(30,31)21-16-25-22-20(21)6-5-11-24-22/h5-11,16H,3-4,12-15,17H2,1-2H3,(H,24,25). The minimum Gasteiger partial charge on any atom is -0.345 e. The summed E-state index contributed by atoms with van der Waals surface area (Å²) in [6.07, 6.45) is 3.11. The van der Waals surface area contributed by atoms with Crippen LogP contribution in [0.4, 0.5) is 0 Å². The van der Waals surface area contributed by atoms with Gasteiger partial charge in [-0.25, -0.2) is 13.4 Å². The summed E-state index contributed by atoms with van der Waals surface area (Å²) >= 11 is 0. The van der Waals surface area contributed by atoms with Crippen LogP contribution < -0.4 is 0 Å².